The zero-order valence-corrected chi connectivity index (χ0v) is 11.6. The first-order valence-electron chi connectivity index (χ1n) is 4.96. The van der Waals surface area contributed by atoms with Crippen LogP contribution in [0.4, 0.5) is 0 Å². The number of halogens is 1. The summed E-state index contributed by atoms with van der Waals surface area (Å²) in [7, 11) is 0. The van der Waals surface area contributed by atoms with Crippen molar-refractivity contribution in [2.45, 2.75) is 13.5 Å². The van der Waals surface area contributed by atoms with Gasteiger partial charge in [0.15, 0.2) is 0 Å². The summed E-state index contributed by atoms with van der Waals surface area (Å²) >= 11 is 5.16. The predicted octanol–water partition coefficient (Wildman–Crippen LogP) is 2.21. The van der Waals surface area contributed by atoms with Crippen molar-refractivity contribution in [2.24, 2.45) is 0 Å². The van der Waals surface area contributed by atoms with Crippen LogP contribution in [0.15, 0.2) is 22.5 Å². The fourth-order valence-electron chi connectivity index (χ4n) is 1.16. The molecule has 1 aromatic heterocycles. The van der Waals surface area contributed by atoms with Crippen molar-refractivity contribution < 1.29 is 4.79 Å². The average molecular weight is 303 g/mol. The minimum Gasteiger partial charge on any atom is -0.352 e. The fraction of sp³-hybridized carbons (Fsp3) is 0.364. The highest BCUT2D eigenvalue weighted by Gasteiger charge is 2.03. The van der Waals surface area contributed by atoms with E-state index in [0.29, 0.717) is 13.1 Å². The molecule has 2 N–H and O–H groups in total. The van der Waals surface area contributed by atoms with E-state index in [9.17, 15) is 4.79 Å². The van der Waals surface area contributed by atoms with E-state index in [1.165, 1.54) is 10.4 Å². The molecule has 0 aliphatic carbocycles. The Balaban J connectivity index is 2.25. The van der Waals surface area contributed by atoms with Crippen LogP contribution in [0.2, 0.25) is 0 Å². The first-order chi connectivity index (χ1) is 7.63. The van der Waals surface area contributed by atoms with E-state index in [-0.39, 0.29) is 5.91 Å². The topological polar surface area (TPSA) is 41.1 Å². The summed E-state index contributed by atoms with van der Waals surface area (Å²) in [5.74, 6) is -0.00718. The standard InChI is InChI=1S/C11H15BrN2OS/c1-3-4-14-10(15)7-13-6-9-5-8(2)11(12)16-9/h3,5,13H,1,4,6-7H2,2H3,(H,14,15). The number of hydrogen-bond donors (Lipinski definition) is 2. The maximum atomic E-state index is 11.2. The van der Waals surface area contributed by atoms with Crippen molar-refractivity contribution in [1.82, 2.24) is 10.6 Å². The van der Waals surface area contributed by atoms with Crippen LogP contribution < -0.4 is 10.6 Å². The van der Waals surface area contributed by atoms with Gasteiger partial charge >= 0.3 is 0 Å². The van der Waals surface area contributed by atoms with Crippen molar-refractivity contribution >= 4 is 33.2 Å². The fourth-order valence-corrected chi connectivity index (χ4v) is 2.76. The minimum absolute atomic E-state index is 0.00718. The zero-order chi connectivity index (χ0) is 12.0. The smallest absolute Gasteiger partial charge is 0.234 e. The number of rotatable bonds is 6. The number of aryl methyl sites for hydroxylation is 1. The molecule has 1 amide bonds. The maximum absolute atomic E-state index is 11.2. The van der Waals surface area contributed by atoms with Gasteiger partial charge in [-0.1, -0.05) is 6.08 Å². The highest BCUT2D eigenvalue weighted by molar-refractivity contribution is 9.11. The third-order valence-electron chi connectivity index (χ3n) is 1.94. The number of hydrogen-bond acceptors (Lipinski definition) is 3. The molecule has 16 heavy (non-hydrogen) atoms. The van der Waals surface area contributed by atoms with Gasteiger partial charge in [0.25, 0.3) is 0 Å². The molecule has 88 valence electrons. The molecule has 1 aromatic rings. The maximum Gasteiger partial charge on any atom is 0.234 e. The molecule has 1 heterocycles. The van der Waals surface area contributed by atoms with Gasteiger partial charge in [-0.3, -0.25) is 4.79 Å². The molecule has 0 saturated carbocycles. The number of amides is 1. The molecule has 0 atom stereocenters. The van der Waals surface area contributed by atoms with E-state index in [2.05, 4.69) is 46.1 Å². The minimum atomic E-state index is -0.00718. The normalized spacial score (nSPS) is 10.1. The van der Waals surface area contributed by atoms with Crippen molar-refractivity contribution in [2.75, 3.05) is 13.1 Å². The van der Waals surface area contributed by atoms with Gasteiger partial charge in [-0.2, -0.15) is 0 Å². The van der Waals surface area contributed by atoms with Gasteiger partial charge in [0, 0.05) is 18.0 Å². The van der Waals surface area contributed by atoms with Crippen molar-refractivity contribution in [3.05, 3.63) is 32.9 Å². The molecule has 0 unspecified atom stereocenters. The summed E-state index contributed by atoms with van der Waals surface area (Å²) in [6.45, 7) is 7.17. The molecule has 3 nitrogen and oxygen atoms in total. The van der Waals surface area contributed by atoms with Gasteiger partial charge in [-0.15, -0.1) is 17.9 Å². The lowest BCUT2D eigenvalue weighted by Crippen LogP contribution is -2.33. The van der Waals surface area contributed by atoms with Crippen molar-refractivity contribution in [3.63, 3.8) is 0 Å². The van der Waals surface area contributed by atoms with Crippen LogP contribution in [0.25, 0.3) is 0 Å². The largest absolute Gasteiger partial charge is 0.352 e. The lowest BCUT2D eigenvalue weighted by atomic mass is 10.3. The highest BCUT2D eigenvalue weighted by Crippen LogP contribution is 2.26. The monoisotopic (exact) mass is 302 g/mol. The second-order valence-corrected chi connectivity index (χ2v) is 5.82. The van der Waals surface area contributed by atoms with Gasteiger partial charge < -0.3 is 10.6 Å². The lowest BCUT2D eigenvalue weighted by Gasteiger charge is -2.03. The molecule has 0 aliphatic rings. The van der Waals surface area contributed by atoms with Crippen LogP contribution in [0.3, 0.4) is 0 Å². The van der Waals surface area contributed by atoms with Crippen LogP contribution >= 0.6 is 27.3 Å². The SMILES string of the molecule is C=CCNC(=O)CNCc1cc(C)c(Br)s1. The van der Waals surface area contributed by atoms with Gasteiger partial charge in [0.2, 0.25) is 5.91 Å². The van der Waals surface area contributed by atoms with Gasteiger partial charge in [0.1, 0.15) is 0 Å². The summed E-state index contributed by atoms with van der Waals surface area (Å²) < 4.78 is 1.15. The van der Waals surface area contributed by atoms with E-state index in [4.69, 9.17) is 0 Å². The molecule has 0 aliphatic heterocycles. The molecule has 0 radical (unpaired) electrons. The Hall–Kier alpha value is -0.650. The Morgan fingerprint density at radius 1 is 1.69 bits per heavy atom. The van der Waals surface area contributed by atoms with Crippen LogP contribution in [-0.2, 0) is 11.3 Å². The number of nitrogens with one attached hydrogen (secondary N) is 2. The Bertz CT molecular complexity index is 357. The Kier molecular flexibility index (Phi) is 5.73. The lowest BCUT2D eigenvalue weighted by molar-refractivity contribution is -0.120. The third kappa shape index (κ3) is 4.47. The number of thiophene rings is 1. The summed E-state index contributed by atoms with van der Waals surface area (Å²) in [6, 6.07) is 2.11. The van der Waals surface area contributed by atoms with E-state index in [1.807, 2.05) is 0 Å². The number of carbonyl (C=O) groups is 1. The van der Waals surface area contributed by atoms with E-state index < -0.39 is 0 Å². The van der Waals surface area contributed by atoms with Gasteiger partial charge in [-0.25, -0.2) is 0 Å². The van der Waals surface area contributed by atoms with E-state index >= 15 is 0 Å². The van der Waals surface area contributed by atoms with Gasteiger partial charge in [0.05, 0.1) is 10.3 Å². The molecule has 0 spiro atoms. The molecular weight excluding hydrogens is 288 g/mol. The van der Waals surface area contributed by atoms with Crippen molar-refractivity contribution in [1.29, 1.82) is 0 Å². The Morgan fingerprint density at radius 3 is 3.00 bits per heavy atom. The summed E-state index contributed by atoms with van der Waals surface area (Å²) in [4.78, 5) is 12.5. The predicted molar refractivity (Wildman–Crippen MR) is 71.7 cm³/mol. The quantitative estimate of drug-likeness (QED) is 0.791. The van der Waals surface area contributed by atoms with Crippen LogP contribution in [-0.4, -0.2) is 19.0 Å². The van der Waals surface area contributed by atoms with Crippen molar-refractivity contribution in [3.8, 4) is 0 Å². The first-order valence-corrected chi connectivity index (χ1v) is 6.57. The third-order valence-corrected chi connectivity index (χ3v) is 4.07. The molecule has 0 saturated heterocycles. The van der Waals surface area contributed by atoms with E-state index in [0.717, 1.165) is 10.3 Å². The molecule has 0 aromatic carbocycles. The molecule has 1 rings (SSSR count). The molecule has 0 fully saturated rings. The summed E-state index contributed by atoms with van der Waals surface area (Å²) in [5, 5.41) is 5.80. The molecule has 5 heteroatoms. The summed E-state index contributed by atoms with van der Waals surface area (Å²) in [6.07, 6.45) is 1.66. The van der Waals surface area contributed by atoms with Crippen LogP contribution in [0.1, 0.15) is 10.4 Å². The number of carbonyl (C=O) groups excluding carboxylic acids is 1. The average Bonchev–Trinajstić information content (AvgIpc) is 2.55. The Morgan fingerprint density at radius 2 is 2.44 bits per heavy atom. The summed E-state index contributed by atoms with van der Waals surface area (Å²) in [5.41, 5.74) is 1.23. The highest BCUT2D eigenvalue weighted by atomic mass is 79.9. The molecule has 0 bridgehead atoms. The second-order valence-electron chi connectivity index (χ2n) is 3.37. The Labute approximate surface area is 108 Å². The van der Waals surface area contributed by atoms with Crippen LogP contribution in [0.5, 0.6) is 0 Å². The van der Waals surface area contributed by atoms with E-state index in [1.54, 1.807) is 17.4 Å². The second kappa shape index (κ2) is 6.83. The molecular formula is C11H15BrN2OS. The first kappa shape index (κ1) is 13.4. The van der Waals surface area contributed by atoms with Gasteiger partial charge in [-0.05, 0) is 34.5 Å². The zero-order valence-electron chi connectivity index (χ0n) is 9.18. The van der Waals surface area contributed by atoms with Crippen LogP contribution in [0, 0.1) is 6.92 Å².